The number of nitrogens with zero attached hydrogens (tertiary/aromatic N) is 2. The fourth-order valence-electron chi connectivity index (χ4n) is 1.71. The Morgan fingerprint density at radius 3 is 2.90 bits per heavy atom. The van der Waals surface area contributed by atoms with Crippen molar-refractivity contribution in [2.24, 2.45) is 11.1 Å². The van der Waals surface area contributed by atoms with Gasteiger partial charge in [0.05, 0.1) is 5.41 Å². The van der Waals surface area contributed by atoms with E-state index in [0.29, 0.717) is 24.5 Å². The van der Waals surface area contributed by atoms with Gasteiger partial charge in [-0.2, -0.15) is 0 Å². The second-order valence-electron chi connectivity index (χ2n) is 4.90. The molecule has 0 aliphatic carbocycles. The maximum absolute atomic E-state index is 12.3. The van der Waals surface area contributed by atoms with E-state index in [0.717, 1.165) is 5.56 Å². The summed E-state index contributed by atoms with van der Waals surface area (Å²) in [7, 11) is 0. The van der Waals surface area contributed by atoms with Crippen LogP contribution in [0.1, 0.15) is 20.3 Å². The molecule has 1 aromatic heterocycles. The lowest BCUT2D eigenvalue weighted by Gasteiger charge is -2.25. The second kappa shape index (κ2) is 5.83. The number of hydrogen-bond acceptors (Lipinski definition) is 5. The molecule has 6 heteroatoms. The van der Waals surface area contributed by atoms with Crippen molar-refractivity contribution in [3.63, 3.8) is 0 Å². The average Bonchev–Trinajstić information content (AvgIpc) is 3.01. The van der Waals surface area contributed by atoms with Crippen LogP contribution in [0.4, 0.5) is 5.69 Å². The van der Waals surface area contributed by atoms with E-state index in [9.17, 15) is 4.79 Å². The van der Waals surface area contributed by atoms with Crippen LogP contribution in [-0.4, -0.2) is 22.6 Å². The first-order chi connectivity index (χ1) is 9.59. The van der Waals surface area contributed by atoms with Gasteiger partial charge in [0.1, 0.15) is 0 Å². The van der Waals surface area contributed by atoms with Crippen LogP contribution in [0.3, 0.4) is 0 Å². The van der Waals surface area contributed by atoms with E-state index in [2.05, 4.69) is 15.5 Å². The molecule has 0 saturated carbocycles. The third kappa shape index (κ3) is 2.85. The molecule has 1 aromatic carbocycles. The minimum absolute atomic E-state index is 0.0924. The fraction of sp³-hybridized carbons (Fsp3) is 0.357. The van der Waals surface area contributed by atoms with Crippen LogP contribution in [0.5, 0.6) is 0 Å². The monoisotopic (exact) mass is 274 g/mol. The maximum Gasteiger partial charge on any atom is 0.247 e. The summed E-state index contributed by atoms with van der Waals surface area (Å²) in [6.07, 6.45) is 1.95. The van der Waals surface area contributed by atoms with E-state index in [4.69, 9.17) is 10.2 Å². The number of anilines is 1. The van der Waals surface area contributed by atoms with E-state index in [1.54, 1.807) is 6.07 Å². The summed E-state index contributed by atoms with van der Waals surface area (Å²) in [6, 6.07) is 7.26. The van der Waals surface area contributed by atoms with Crippen LogP contribution in [0.15, 0.2) is 35.1 Å². The lowest BCUT2D eigenvalue weighted by atomic mass is 9.86. The van der Waals surface area contributed by atoms with Gasteiger partial charge >= 0.3 is 0 Å². The summed E-state index contributed by atoms with van der Waals surface area (Å²) in [5, 5.41) is 10.4. The van der Waals surface area contributed by atoms with Crippen molar-refractivity contribution < 1.29 is 9.21 Å². The van der Waals surface area contributed by atoms with Crippen molar-refractivity contribution in [2.45, 2.75) is 20.3 Å². The molecule has 2 aromatic rings. The lowest BCUT2D eigenvalue weighted by Crippen LogP contribution is -2.39. The first-order valence-electron chi connectivity index (χ1n) is 6.47. The van der Waals surface area contributed by atoms with Crippen LogP contribution in [0.25, 0.3) is 11.5 Å². The quantitative estimate of drug-likeness (QED) is 0.870. The molecule has 106 valence electrons. The van der Waals surface area contributed by atoms with Crippen LogP contribution >= 0.6 is 0 Å². The Bertz CT molecular complexity index is 577. The summed E-state index contributed by atoms with van der Waals surface area (Å²) in [5.41, 5.74) is 6.55. The minimum atomic E-state index is -0.569. The number of hydrogen-bond donors (Lipinski definition) is 2. The van der Waals surface area contributed by atoms with Crippen molar-refractivity contribution in [1.29, 1.82) is 0 Å². The number of rotatable bonds is 5. The highest BCUT2D eigenvalue weighted by molar-refractivity contribution is 5.95. The SMILES string of the molecule is CCC(C)(CN)C(=O)Nc1cccc(-c2nnco2)c1. The van der Waals surface area contributed by atoms with Crippen LogP contribution in [0.2, 0.25) is 0 Å². The van der Waals surface area contributed by atoms with Crippen molar-refractivity contribution in [3.05, 3.63) is 30.7 Å². The number of benzene rings is 1. The molecule has 0 aliphatic heterocycles. The third-order valence-corrected chi connectivity index (χ3v) is 3.51. The molecule has 3 N–H and O–H groups in total. The van der Waals surface area contributed by atoms with Gasteiger partial charge in [-0.25, -0.2) is 0 Å². The molecule has 2 rings (SSSR count). The fourth-order valence-corrected chi connectivity index (χ4v) is 1.71. The number of aromatic nitrogens is 2. The molecule has 1 heterocycles. The second-order valence-corrected chi connectivity index (χ2v) is 4.90. The Balaban J connectivity index is 2.19. The van der Waals surface area contributed by atoms with Gasteiger partial charge in [-0.15, -0.1) is 10.2 Å². The molecule has 1 amide bonds. The summed E-state index contributed by atoms with van der Waals surface area (Å²) in [5.74, 6) is 0.323. The van der Waals surface area contributed by atoms with Crippen LogP contribution in [-0.2, 0) is 4.79 Å². The molecule has 0 fully saturated rings. The molecule has 6 nitrogen and oxygen atoms in total. The number of carbonyl (C=O) groups is 1. The molecule has 0 radical (unpaired) electrons. The molecule has 0 bridgehead atoms. The summed E-state index contributed by atoms with van der Waals surface area (Å²) in [6.45, 7) is 4.10. The Morgan fingerprint density at radius 1 is 1.50 bits per heavy atom. The zero-order valence-electron chi connectivity index (χ0n) is 11.6. The molecule has 1 unspecified atom stereocenters. The largest absolute Gasteiger partial charge is 0.423 e. The van der Waals surface area contributed by atoms with Gasteiger partial charge < -0.3 is 15.5 Å². The molecule has 1 atom stereocenters. The van der Waals surface area contributed by atoms with Gasteiger partial charge in [-0.3, -0.25) is 4.79 Å². The number of carbonyl (C=O) groups excluding carboxylic acids is 1. The van der Waals surface area contributed by atoms with E-state index >= 15 is 0 Å². The maximum atomic E-state index is 12.3. The standard InChI is InChI=1S/C14H18N4O2/c1-3-14(2,8-15)13(19)17-11-6-4-5-10(7-11)12-18-16-9-20-12/h4-7,9H,3,8,15H2,1-2H3,(H,17,19). The smallest absolute Gasteiger partial charge is 0.247 e. The third-order valence-electron chi connectivity index (χ3n) is 3.51. The van der Waals surface area contributed by atoms with E-state index < -0.39 is 5.41 Å². The molecule has 0 saturated heterocycles. The van der Waals surface area contributed by atoms with Crippen molar-refractivity contribution in [1.82, 2.24) is 10.2 Å². The minimum Gasteiger partial charge on any atom is -0.423 e. The normalized spacial score (nSPS) is 13.8. The van der Waals surface area contributed by atoms with Gasteiger partial charge in [0, 0.05) is 17.8 Å². The molecular formula is C14H18N4O2. The van der Waals surface area contributed by atoms with Crippen molar-refractivity contribution in [3.8, 4) is 11.5 Å². The Kier molecular flexibility index (Phi) is 4.14. The molecule has 20 heavy (non-hydrogen) atoms. The van der Waals surface area contributed by atoms with Crippen LogP contribution in [0, 0.1) is 5.41 Å². The van der Waals surface area contributed by atoms with Gasteiger partial charge in [-0.1, -0.05) is 13.0 Å². The Hall–Kier alpha value is -2.21. The van der Waals surface area contributed by atoms with Gasteiger partial charge in [0.15, 0.2) is 0 Å². The topological polar surface area (TPSA) is 94.0 Å². The zero-order valence-corrected chi connectivity index (χ0v) is 11.6. The number of nitrogens with one attached hydrogen (secondary N) is 1. The average molecular weight is 274 g/mol. The van der Waals surface area contributed by atoms with Crippen molar-refractivity contribution in [2.75, 3.05) is 11.9 Å². The summed E-state index contributed by atoms with van der Waals surface area (Å²) >= 11 is 0. The highest BCUT2D eigenvalue weighted by Gasteiger charge is 2.29. The zero-order chi connectivity index (χ0) is 14.6. The predicted molar refractivity (Wildman–Crippen MR) is 75.8 cm³/mol. The Labute approximate surface area is 117 Å². The van der Waals surface area contributed by atoms with Gasteiger partial charge in [0.25, 0.3) is 0 Å². The summed E-state index contributed by atoms with van der Waals surface area (Å²) in [4.78, 5) is 12.3. The number of nitrogens with two attached hydrogens (primary N) is 1. The highest BCUT2D eigenvalue weighted by Crippen LogP contribution is 2.24. The predicted octanol–water partition coefficient (Wildman–Crippen LogP) is 2.05. The van der Waals surface area contributed by atoms with E-state index in [-0.39, 0.29) is 5.91 Å². The van der Waals surface area contributed by atoms with Gasteiger partial charge in [-0.05, 0) is 31.5 Å². The van der Waals surface area contributed by atoms with Crippen LogP contribution < -0.4 is 11.1 Å². The highest BCUT2D eigenvalue weighted by atomic mass is 16.4. The lowest BCUT2D eigenvalue weighted by molar-refractivity contribution is -0.124. The summed E-state index contributed by atoms with van der Waals surface area (Å²) < 4.78 is 5.13. The number of amides is 1. The first-order valence-corrected chi connectivity index (χ1v) is 6.47. The van der Waals surface area contributed by atoms with Crippen molar-refractivity contribution >= 4 is 11.6 Å². The molecule has 0 spiro atoms. The van der Waals surface area contributed by atoms with E-state index in [1.807, 2.05) is 32.0 Å². The van der Waals surface area contributed by atoms with E-state index in [1.165, 1.54) is 6.39 Å². The molecule has 0 aliphatic rings. The Morgan fingerprint density at radius 2 is 2.30 bits per heavy atom. The van der Waals surface area contributed by atoms with Gasteiger partial charge in [0.2, 0.25) is 18.2 Å². The first kappa shape index (κ1) is 14.2. The molecular weight excluding hydrogens is 256 g/mol.